The molecule has 1 N–H and O–H groups in total. The summed E-state index contributed by atoms with van der Waals surface area (Å²) < 4.78 is 12.0. The fraction of sp³-hybridized carbons (Fsp3) is 0.471. The Bertz CT molecular complexity index is 650. The molecule has 0 atom stereocenters. The van der Waals surface area contributed by atoms with Gasteiger partial charge in [-0.25, -0.2) is 4.99 Å². The van der Waals surface area contributed by atoms with Crippen LogP contribution in [0.2, 0.25) is 0 Å². The Hall–Kier alpha value is -1.99. The highest BCUT2D eigenvalue weighted by Crippen LogP contribution is 2.36. The van der Waals surface area contributed by atoms with Gasteiger partial charge in [-0.3, -0.25) is 15.1 Å². The summed E-state index contributed by atoms with van der Waals surface area (Å²) in [5.41, 5.74) is 0.611. The number of benzene rings is 1. The fourth-order valence-corrected chi connectivity index (χ4v) is 2.21. The lowest BCUT2D eigenvalue weighted by Gasteiger charge is -2.32. The monoisotopic (exact) mass is 329 g/mol. The van der Waals surface area contributed by atoms with Gasteiger partial charge in [0.05, 0.1) is 11.2 Å². The van der Waals surface area contributed by atoms with Crippen molar-refractivity contribution >= 4 is 30.7 Å². The maximum absolute atomic E-state index is 12.2. The Morgan fingerprint density at radius 3 is 2.12 bits per heavy atom. The highest BCUT2D eigenvalue weighted by Gasteiger charge is 2.51. The summed E-state index contributed by atoms with van der Waals surface area (Å²) in [7, 11) is 1.13. The second-order valence-electron chi connectivity index (χ2n) is 6.60. The molecule has 1 aromatic carbocycles. The van der Waals surface area contributed by atoms with Crippen molar-refractivity contribution in [2.24, 2.45) is 9.98 Å². The van der Waals surface area contributed by atoms with Crippen molar-refractivity contribution < 1.29 is 14.1 Å². The minimum Gasteiger partial charge on any atom is -0.399 e. The molecule has 1 aliphatic heterocycles. The number of amides is 1. The van der Waals surface area contributed by atoms with Gasteiger partial charge in [-0.15, -0.1) is 0 Å². The molecule has 1 aliphatic rings. The van der Waals surface area contributed by atoms with Gasteiger partial charge in [-0.1, -0.05) is 12.1 Å². The van der Waals surface area contributed by atoms with E-state index in [1.807, 2.05) is 39.8 Å². The maximum atomic E-state index is 12.2. The van der Waals surface area contributed by atoms with Crippen molar-refractivity contribution in [1.29, 1.82) is 0 Å². The van der Waals surface area contributed by atoms with Crippen LogP contribution in [-0.4, -0.2) is 43.4 Å². The molecule has 6 nitrogen and oxygen atoms in total. The molecule has 0 aromatic heterocycles. The molecule has 128 valence electrons. The third-order valence-electron chi connectivity index (χ3n) is 4.39. The molecule has 0 bridgehead atoms. The number of nitrogens with zero attached hydrogens (tertiary/aromatic N) is 2. The summed E-state index contributed by atoms with van der Waals surface area (Å²) in [6, 6.07) is 7.14. The number of guanidine groups is 1. The van der Waals surface area contributed by atoms with Gasteiger partial charge >= 0.3 is 7.12 Å². The topological polar surface area (TPSA) is 72.3 Å². The van der Waals surface area contributed by atoms with Gasteiger partial charge in [-0.2, -0.15) is 0 Å². The number of rotatable bonds is 2. The van der Waals surface area contributed by atoms with E-state index in [-0.39, 0.29) is 11.9 Å². The van der Waals surface area contributed by atoms with Crippen LogP contribution in [0.3, 0.4) is 0 Å². The number of carbonyl (C=O) groups excluding carboxylic acids is 1. The van der Waals surface area contributed by atoms with Crippen LogP contribution >= 0.6 is 0 Å². The number of carbonyl (C=O) groups is 1. The van der Waals surface area contributed by atoms with Crippen molar-refractivity contribution in [3.63, 3.8) is 0 Å². The fourth-order valence-electron chi connectivity index (χ4n) is 2.21. The lowest BCUT2D eigenvalue weighted by atomic mass is 9.79. The quantitative estimate of drug-likeness (QED) is 0.511. The molecule has 7 heteroatoms. The van der Waals surface area contributed by atoms with Gasteiger partial charge in [0.15, 0.2) is 0 Å². The largest absolute Gasteiger partial charge is 0.494 e. The Kier molecular flexibility index (Phi) is 5.25. The predicted octanol–water partition coefficient (Wildman–Crippen LogP) is 1.79. The van der Waals surface area contributed by atoms with E-state index < -0.39 is 18.3 Å². The number of aliphatic imine (C=N–C) groups is 2. The normalized spacial score (nSPS) is 19.8. The SMILES string of the molecule is C/C=N\C(=N/C)NC(=O)c1ccc(B2OC(C)(C)C(C)(C)O2)cc1. The zero-order chi connectivity index (χ0) is 18.0. The Labute approximate surface area is 143 Å². The Morgan fingerprint density at radius 2 is 1.67 bits per heavy atom. The summed E-state index contributed by atoms with van der Waals surface area (Å²) in [6.45, 7) is 9.80. The van der Waals surface area contributed by atoms with E-state index in [0.717, 1.165) is 5.46 Å². The van der Waals surface area contributed by atoms with Crippen LogP contribution in [0.25, 0.3) is 0 Å². The Balaban J connectivity index is 2.10. The number of hydrogen-bond acceptors (Lipinski definition) is 4. The molecule has 1 aromatic rings. The van der Waals surface area contributed by atoms with Crippen molar-refractivity contribution in [2.45, 2.75) is 45.8 Å². The van der Waals surface area contributed by atoms with Crippen LogP contribution in [0.5, 0.6) is 0 Å². The van der Waals surface area contributed by atoms with Crippen molar-refractivity contribution in [1.82, 2.24) is 5.32 Å². The highest BCUT2D eigenvalue weighted by atomic mass is 16.7. The lowest BCUT2D eigenvalue weighted by molar-refractivity contribution is 0.00578. The van der Waals surface area contributed by atoms with Gasteiger partial charge in [0, 0.05) is 18.8 Å². The zero-order valence-electron chi connectivity index (χ0n) is 15.1. The molecule has 24 heavy (non-hydrogen) atoms. The van der Waals surface area contributed by atoms with Crippen molar-refractivity contribution in [3.05, 3.63) is 29.8 Å². The Morgan fingerprint density at radius 1 is 1.12 bits per heavy atom. The van der Waals surface area contributed by atoms with E-state index in [2.05, 4.69) is 15.3 Å². The molecule has 1 heterocycles. The number of nitrogens with one attached hydrogen (secondary N) is 1. The summed E-state index contributed by atoms with van der Waals surface area (Å²) in [5, 5.41) is 2.65. The van der Waals surface area contributed by atoms with E-state index in [1.165, 1.54) is 0 Å². The molecular formula is C17H24BN3O3. The average molecular weight is 329 g/mol. The second kappa shape index (κ2) is 6.87. The smallest absolute Gasteiger partial charge is 0.399 e. The predicted molar refractivity (Wildman–Crippen MR) is 97.1 cm³/mol. The van der Waals surface area contributed by atoms with Crippen LogP contribution in [0, 0.1) is 0 Å². The first-order chi connectivity index (χ1) is 11.2. The molecule has 0 aliphatic carbocycles. The van der Waals surface area contributed by atoms with E-state index in [0.29, 0.717) is 5.56 Å². The van der Waals surface area contributed by atoms with E-state index in [9.17, 15) is 4.79 Å². The minimum atomic E-state index is -0.440. The average Bonchev–Trinajstić information content (AvgIpc) is 2.75. The summed E-state index contributed by atoms with van der Waals surface area (Å²) in [4.78, 5) is 20.1. The van der Waals surface area contributed by atoms with Gasteiger partial charge in [-0.05, 0) is 52.2 Å². The van der Waals surface area contributed by atoms with Gasteiger partial charge in [0.1, 0.15) is 0 Å². The first-order valence-electron chi connectivity index (χ1n) is 7.92. The summed E-state index contributed by atoms with van der Waals surface area (Å²) in [6.07, 6.45) is 1.57. The van der Waals surface area contributed by atoms with E-state index in [1.54, 1.807) is 32.3 Å². The van der Waals surface area contributed by atoms with E-state index >= 15 is 0 Å². The molecular weight excluding hydrogens is 305 g/mol. The van der Waals surface area contributed by atoms with E-state index in [4.69, 9.17) is 9.31 Å². The van der Waals surface area contributed by atoms with Gasteiger partial charge in [0.2, 0.25) is 5.96 Å². The zero-order valence-corrected chi connectivity index (χ0v) is 15.1. The third-order valence-corrected chi connectivity index (χ3v) is 4.39. The third kappa shape index (κ3) is 3.74. The molecule has 1 saturated heterocycles. The molecule has 1 fully saturated rings. The summed E-state index contributed by atoms with van der Waals surface area (Å²) >= 11 is 0. The highest BCUT2D eigenvalue weighted by molar-refractivity contribution is 6.62. The first-order valence-corrected chi connectivity index (χ1v) is 7.92. The molecule has 2 rings (SSSR count). The molecule has 0 radical (unpaired) electrons. The molecule has 1 amide bonds. The van der Waals surface area contributed by atoms with Crippen LogP contribution in [-0.2, 0) is 9.31 Å². The minimum absolute atomic E-state index is 0.262. The molecule has 0 spiro atoms. The van der Waals surface area contributed by atoms with Crippen LogP contribution in [0.1, 0.15) is 45.0 Å². The van der Waals surface area contributed by atoms with Crippen LogP contribution in [0.15, 0.2) is 34.3 Å². The van der Waals surface area contributed by atoms with Gasteiger partial charge in [0.25, 0.3) is 5.91 Å². The summed E-state index contributed by atoms with van der Waals surface area (Å²) in [5.74, 6) is 0.0132. The maximum Gasteiger partial charge on any atom is 0.494 e. The van der Waals surface area contributed by atoms with Crippen LogP contribution in [0.4, 0.5) is 0 Å². The standard InChI is InChI=1S/C17H24BN3O3/c1-7-20-15(19-6)21-14(22)12-8-10-13(11-9-12)18-23-16(2,3)17(4,5)24-18/h7-11H,1-6H3,(H,19,21,22)/b20-7-. The lowest BCUT2D eigenvalue weighted by Crippen LogP contribution is -2.41. The van der Waals surface area contributed by atoms with Gasteiger partial charge < -0.3 is 9.31 Å². The van der Waals surface area contributed by atoms with Crippen molar-refractivity contribution in [3.8, 4) is 0 Å². The molecule has 0 saturated carbocycles. The second-order valence-corrected chi connectivity index (χ2v) is 6.60. The van der Waals surface area contributed by atoms with Crippen LogP contribution < -0.4 is 10.8 Å². The molecule has 0 unspecified atom stereocenters. The first kappa shape index (κ1) is 18.4. The number of hydrogen-bond donors (Lipinski definition) is 1. The van der Waals surface area contributed by atoms with Crippen molar-refractivity contribution in [2.75, 3.05) is 7.05 Å².